The quantitative estimate of drug-likeness (QED) is 0.589. The number of allylic oxidation sites excluding steroid dienone is 3. The fourth-order valence-corrected chi connectivity index (χ4v) is 3.23. The van der Waals surface area contributed by atoms with Gasteiger partial charge in [0.2, 0.25) is 0 Å². The monoisotopic (exact) mass is 391 g/mol. The van der Waals surface area contributed by atoms with Crippen LogP contribution in [0.2, 0.25) is 0 Å². The molecule has 4 heterocycles. The van der Waals surface area contributed by atoms with Crippen molar-refractivity contribution in [3.05, 3.63) is 59.8 Å². The zero-order valence-electron chi connectivity index (χ0n) is 16.1. The molecule has 1 atom stereocenters. The molecule has 0 bridgehead atoms. The molecular formula is C20H21N7O2. The largest absolute Gasteiger partial charge is 0.402 e. The highest BCUT2D eigenvalue weighted by Crippen LogP contribution is 2.25. The molecule has 3 aromatic rings. The molecule has 9 nitrogen and oxygen atoms in total. The lowest BCUT2D eigenvalue weighted by molar-refractivity contribution is 0.0918. The van der Waals surface area contributed by atoms with Gasteiger partial charge < -0.3 is 20.9 Å². The Bertz CT molecular complexity index is 1160. The Morgan fingerprint density at radius 1 is 1.41 bits per heavy atom. The van der Waals surface area contributed by atoms with Crippen molar-refractivity contribution in [2.45, 2.75) is 19.9 Å². The number of carbonyl (C=O) groups excluding carboxylic acids is 2. The average molecular weight is 391 g/mol. The second-order valence-electron chi connectivity index (χ2n) is 6.98. The zero-order valence-corrected chi connectivity index (χ0v) is 16.1. The smallest absolute Gasteiger partial charge is 0.274 e. The van der Waals surface area contributed by atoms with Crippen molar-refractivity contribution in [1.29, 1.82) is 0 Å². The molecule has 29 heavy (non-hydrogen) atoms. The summed E-state index contributed by atoms with van der Waals surface area (Å²) in [6.45, 7) is 4.32. The summed E-state index contributed by atoms with van der Waals surface area (Å²) < 4.78 is 3.44. The number of fused-ring (bicyclic) bond motifs is 3. The SMILES string of the molecule is C/C(N)=C\C=C/n1cc(NC(=O)c2ccc3cc4n(c3n2)[C@H](C)CNC4=O)cn1. The maximum Gasteiger partial charge on any atom is 0.274 e. The maximum atomic E-state index is 12.7. The van der Waals surface area contributed by atoms with Crippen LogP contribution in [-0.4, -0.2) is 37.7 Å². The number of carbonyl (C=O) groups is 2. The third kappa shape index (κ3) is 3.62. The summed E-state index contributed by atoms with van der Waals surface area (Å²) >= 11 is 0. The molecule has 1 aliphatic heterocycles. The van der Waals surface area contributed by atoms with Crippen LogP contribution in [0.3, 0.4) is 0 Å². The van der Waals surface area contributed by atoms with Gasteiger partial charge in [-0.05, 0) is 44.2 Å². The number of rotatable bonds is 4. The Hall–Kier alpha value is -3.88. The molecule has 1 aliphatic rings. The van der Waals surface area contributed by atoms with Gasteiger partial charge in [-0.15, -0.1) is 0 Å². The second kappa shape index (κ2) is 7.27. The zero-order chi connectivity index (χ0) is 20.5. The van der Waals surface area contributed by atoms with Gasteiger partial charge in [-0.25, -0.2) is 9.67 Å². The molecule has 9 heteroatoms. The van der Waals surface area contributed by atoms with Gasteiger partial charge in [0, 0.05) is 23.8 Å². The van der Waals surface area contributed by atoms with Gasteiger partial charge in [0.1, 0.15) is 17.0 Å². The summed E-state index contributed by atoms with van der Waals surface area (Å²) in [6.07, 6.45) is 8.45. The number of aromatic nitrogens is 4. The Labute approximate surface area is 166 Å². The number of nitrogens with two attached hydrogens (primary N) is 1. The van der Waals surface area contributed by atoms with Crippen molar-refractivity contribution in [3.63, 3.8) is 0 Å². The van der Waals surface area contributed by atoms with Crippen molar-refractivity contribution in [3.8, 4) is 0 Å². The Kier molecular flexibility index (Phi) is 4.63. The van der Waals surface area contributed by atoms with Crippen LogP contribution < -0.4 is 16.4 Å². The van der Waals surface area contributed by atoms with Gasteiger partial charge in [0.15, 0.2) is 0 Å². The number of nitrogens with zero attached hydrogens (tertiary/aromatic N) is 4. The van der Waals surface area contributed by atoms with E-state index >= 15 is 0 Å². The highest BCUT2D eigenvalue weighted by atomic mass is 16.2. The van der Waals surface area contributed by atoms with Crippen LogP contribution in [0.15, 0.2) is 48.4 Å². The Morgan fingerprint density at radius 3 is 3.03 bits per heavy atom. The normalized spacial score (nSPS) is 16.8. The van der Waals surface area contributed by atoms with Gasteiger partial charge in [0.05, 0.1) is 24.1 Å². The van der Waals surface area contributed by atoms with Gasteiger partial charge in [-0.1, -0.05) is 0 Å². The minimum Gasteiger partial charge on any atom is -0.402 e. The summed E-state index contributed by atoms with van der Waals surface area (Å²) in [5.74, 6) is -0.483. The highest BCUT2D eigenvalue weighted by molar-refractivity contribution is 6.04. The first-order valence-corrected chi connectivity index (χ1v) is 9.18. The highest BCUT2D eigenvalue weighted by Gasteiger charge is 2.25. The van der Waals surface area contributed by atoms with Crippen LogP contribution in [0.4, 0.5) is 5.69 Å². The molecule has 4 rings (SSSR count). The van der Waals surface area contributed by atoms with Crippen molar-refractivity contribution < 1.29 is 9.59 Å². The molecule has 0 saturated carbocycles. The first kappa shape index (κ1) is 18.5. The molecule has 0 aliphatic carbocycles. The predicted octanol–water partition coefficient (Wildman–Crippen LogP) is 2.12. The number of hydrogen-bond acceptors (Lipinski definition) is 5. The van der Waals surface area contributed by atoms with Crippen molar-refractivity contribution in [1.82, 2.24) is 24.6 Å². The molecule has 3 aromatic heterocycles. The third-order valence-electron chi connectivity index (χ3n) is 4.61. The van der Waals surface area contributed by atoms with Crippen molar-refractivity contribution in [2.75, 3.05) is 11.9 Å². The molecule has 0 unspecified atom stereocenters. The number of nitrogens with one attached hydrogen (secondary N) is 2. The molecule has 2 amide bonds. The second-order valence-corrected chi connectivity index (χ2v) is 6.98. The summed E-state index contributed by atoms with van der Waals surface area (Å²) in [6, 6.07) is 5.30. The summed E-state index contributed by atoms with van der Waals surface area (Å²) in [4.78, 5) is 29.3. The average Bonchev–Trinajstić information content (AvgIpc) is 3.29. The van der Waals surface area contributed by atoms with Gasteiger partial charge in [-0.2, -0.15) is 5.10 Å². The van der Waals surface area contributed by atoms with Crippen molar-refractivity contribution in [2.24, 2.45) is 5.73 Å². The van der Waals surface area contributed by atoms with Crippen LogP contribution in [0, 0.1) is 0 Å². The Balaban J connectivity index is 1.57. The lowest BCUT2D eigenvalue weighted by Gasteiger charge is -2.23. The van der Waals surface area contributed by atoms with Gasteiger partial charge in [-0.3, -0.25) is 9.59 Å². The van der Waals surface area contributed by atoms with Crippen LogP contribution in [-0.2, 0) is 0 Å². The molecular weight excluding hydrogens is 370 g/mol. The van der Waals surface area contributed by atoms with Crippen LogP contribution in [0.5, 0.6) is 0 Å². The maximum absolute atomic E-state index is 12.7. The van der Waals surface area contributed by atoms with E-state index in [1.54, 1.807) is 60.6 Å². The molecule has 0 aromatic carbocycles. The van der Waals surface area contributed by atoms with Gasteiger partial charge >= 0.3 is 0 Å². The molecule has 4 N–H and O–H groups in total. The first-order chi connectivity index (χ1) is 13.9. The minimum atomic E-state index is -0.350. The lowest BCUT2D eigenvalue weighted by atomic mass is 10.2. The fraction of sp³-hybridized carbons (Fsp3) is 0.200. The molecule has 0 fully saturated rings. The summed E-state index contributed by atoms with van der Waals surface area (Å²) in [5.41, 5.74) is 8.24. The summed E-state index contributed by atoms with van der Waals surface area (Å²) in [7, 11) is 0. The molecule has 0 spiro atoms. The third-order valence-corrected chi connectivity index (χ3v) is 4.61. The van der Waals surface area contributed by atoms with E-state index in [2.05, 4.69) is 20.7 Å². The molecule has 148 valence electrons. The topological polar surface area (TPSA) is 120 Å². The number of pyridine rings is 1. The van der Waals surface area contributed by atoms with Crippen molar-refractivity contribution >= 4 is 34.7 Å². The van der Waals surface area contributed by atoms with E-state index < -0.39 is 0 Å². The number of amides is 2. The van der Waals surface area contributed by atoms with Gasteiger partial charge in [0.25, 0.3) is 11.8 Å². The van der Waals surface area contributed by atoms with E-state index in [1.807, 2.05) is 11.5 Å². The van der Waals surface area contributed by atoms with E-state index in [0.29, 0.717) is 29.3 Å². The molecule has 0 radical (unpaired) electrons. The van der Waals surface area contributed by atoms with E-state index in [-0.39, 0.29) is 23.6 Å². The standard InChI is InChI=1S/C20H21N7O2/c1-12(21)4-3-7-26-11-15(10-23-26)24-19(28)16-6-5-14-8-17-20(29)22-9-13(2)27(17)18(14)25-16/h3-8,10-11,13H,9,21H2,1-2H3,(H,22,29)(H,24,28)/b7-3-,12-4+/t13-/m1/s1. The first-order valence-electron chi connectivity index (χ1n) is 9.18. The van der Waals surface area contributed by atoms with Crippen LogP contribution in [0.25, 0.3) is 17.2 Å². The van der Waals surface area contributed by atoms with Crippen LogP contribution >= 0.6 is 0 Å². The van der Waals surface area contributed by atoms with E-state index in [1.165, 1.54) is 0 Å². The van der Waals surface area contributed by atoms with E-state index in [0.717, 1.165) is 5.39 Å². The predicted molar refractivity (Wildman–Crippen MR) is 110 cm³/mol. The van der Waals surface area contributed by atoms with Crippen LogP contribution in [0.1, 0.15) is 40.9 Å². The molecule has 0 saturated heterocycles. The number of hydrogen-bond donors (Lipinski definition) is 3. The van der Waals surface area contributed by atoms with E-state index in [9.17, 15) is 9.59 Å². The lowest BCUT2D eigenvalue weighted by Crippen LogP contribution is -2.37. The number of anilines is 1. The fourth-order valence-electron chi connectivity index (χ4n) is 3.23. The van der Waals surface area contributed by atoms with E-state index in [4.69, 9.17) is 5.73 Å². The Morgan fingerprint density at radius 2 is 2.24 bits per heavy atom. The summed E-state index contributed by atoms with van der Waals surface area (Å²) in [5, 5.41) is 10.6. The minimum absolute atomic E-state index is 0.0576.